The molecule has 0 atom stereocenters. The van der Waals surface area contributed by atoms with E-state index in [4.69, 9.17) is 4.74 Å². The minimum Gasteiger partial charge on any atom is -0.490 e. The van der Waals surface area contributed by atoms with Gasteiger partial charge in [0.05, 0.1) is 7.11 Å². The number of anilines is 2. The lowest BCUT2D eigenvalue weighted by molar-refractivity contribution is -0.119. The molecular weight excluding hydrogens is 273 g/mol. The van der Waals surface area contributed by atoms with Crippen LogP contribution in [0.4, 0.5) is 24.8 Å². The van der Waals surface area contributed by atoms with Gasteiger partial charge in [-0.3, -0.25) is 0 Å². The highest BCUT2D eigenvalue weighted by Crippen LogP contribution is 2.33. The van der Waals surface area contributed by atoms with E-state index in [-0.39, 0.29) is 18.1 Å². The summed E-state index contributed by atoms with van der Waals surface area (Å²) in [7, 11) is 1.39. The Morgan fingerprint density at radius 3 is 2.50 bits per heavy atom. The molecule has 0 aliphatic heterocycles. The van der Waals surface area contributed by atoms with Crippen molar-refractivity contribution in [3.05, 3.63) is 6.33 Å². The van der Waals surface area contributed by atoms with Crippen LogP contribution in [0.3, 0.4) is 0 Å². The molecule has 0 fully saturated rings. The van der Waals surface area contributed by atoms with E-state index in [9.17, 15) is 13.2 Å². The van der Waals surface area contributed by atoms with Gasteiger partial charge >= 0.3 is 6.18 Å². The summed E-state index contributed by atoms with van der Waals surface area (Å²) in [4.78, 5) is 9.04. The second-order valence-electron chi connectivity index (χ2n) is 4.14. The molecule has 0 spiro atoms. The molecule has 5 nitrogen and oxygen atoms in total. The van der Waals surface area contributed by atoms with Crippen LogP contribution in [0.1, 0.15) is 20.3 Å². The summed E-state index contributed by atoms with van der Waals surface area (Å²) in [6.07, 6.45) is -2.21. The summed E-state index contributed by atoms with van der Waals surface area (Å²) < 4.78 is 42.9. The van der Waals surface area contributed by atoms with Crippen LogP contribution in [0.2, 0.25) is 0 Å². The molecule has 1 aromatic heterocycles. The van der Waals surface area contributed by atoms with Crippen molar-refractivity contribution in [1.82, 2.24) is 9.97 Å². The lowest BCUT2D eigenvalue weighted by atomic mass is 10.3. The Kier molecular flexibility index (Phi) is 5.84. The number of methoxy groups -OCH3 is 1. The largest absolute Gasteiger partial charge is 0.490 e. The number of nitrogens with zero attached hydrogens (tertiary/aromatic N) is 3. The van der Waals surface area contributed by atoms with Crippen LogP contribution in [-0.2, 0) is 0 Å². The van der Waals surface area contributed by atoms with Gasteiger partial charge in [0, 0.05) is 13.1 Å². The Hall–Kier alpha value is -1.73. The summed E-state index contributed by atoms with van der Waals surface area (Å²) in [6, 6.07) is 0. The molecule has 0 radical (unpaired) electrons. The predicted octanol–water partition coefficient (Wildman–Crippen LogP) is 2.70. The van der Waals surface area contributed by atoms with E-state index in [0.29, 0.717) is 12.4 Å². The number of aromatic nitrogens is 2. The van der Waals surface area contributed by atoms with Crippen molar-refractivity contribution >= 4 is 11.6 Å². The molecule has 0 unspecified atom stereocenters. The smallest absolute Gasteiger partial charge is 0.405 e. The number of rotatable bonds is 7. The Bertz CT molecular complexity index is 426. The number of alkyl halides is 3. The zero-order valence-corrected chi connectivity index (χ0v) is 11.8. The Morgan fingerprint density at radius 2 is 2.00 bits per heavy atom. The van der Waals surface area contributed by atoms with E-state index in [1.165, 1.54) is 13.4 Å². The first kappa shape index (κ1) is 16.3. The molecule has 0 bridgehead atoms. The zero-order valence-electron chi connectivity index (χ0n) is 11.8. The van der Waals surface area contributed by atoms with Gasteiger partial charge in [-0.15, -0.1) is 0 Å². The predicted molar refractivity (Wildman–Crippen MR) is 71.3 cm³/mol. The third-order valence-corrected chi connectivity index (χ3v) is 2.58. The van der Waals surface area contributed by atoms with Gasteiger partial charge in [-0.1, -0.05) is 6.92 Å². The van der Waals surface area contributed by atoms with Gasteiger partial charge in [0.15, 0.2) is 11.6 Å². The molecule has 1 heterocycles. The number of ether oxygens (including phenoxy) is 1. The van der Waals surface area contributed by atoms with Crippen molar-refractivity contribution in [3.63, 3.8) is 0 Å². The van der Waals surface area contributed by atoms with Crippen molar-refractivity contribution in [1.29, 1.82) is 0 Å². The van der Waals surface area contributed by atoms with Crippen molar-refractivity contribution < 1.29 is 17.9 Å². The van der Waals surface area contributed by atoms with Crippen LogP contribution >= 0.6 is 0 Å². The van der Waals surface area contributed by atoms with Crippen molar-refractivity contribution in [2.24, 2.45) is 0 Å². The minimum atomic E-state index is -4.30. The lowest BCUT2D eigenvalue weighted by Crippen LogP contribution is -2.35. The SMILES string of the molecule is CCCNc1ncnc(N(CC)CC(F)(F)F)c1OC. The monoisotopic (exact) mass is 292 g/mol. The quantitative estimate of drug-likeness (QED) is 0.837. The molecule has 0 aromatic carbocycles. The fourth-order valence-corrected chi connectivity index (χ4v) is 1.70. The first-order chi connectivity index (χ1) is 9.42. The van der Waals surface area contributed by atoms with Crippen LogP contribution in [0.5, 0.6) is 5.75 Å². The van der Waals surface area contributed by atoms with Crippen molar-refractivity contribution in [2.75, 3.05) is 37.0 Å². The van der Waals surface area contributed by atoms with E-state index in [2.05, 4.69) is 15.3 Å². The molecule has 0 amide bonds. The Labute approximate surface area is 116 Å². The van der Waals surface area contributed by atoms with Gasteiger partial charge in [0.25, 0.3) is 0 Å². The fraction of sp³-hybridized carbons (Fsp3) is 0.667. The second-order valence-corrected chi connectivity index (χ2v) is 4.14. The van der Waals surface area contributed by atoms with Gasteiger partial charge in [-0.25, -0.2) is 9.97 Å². The molecule has 1 N–H and O–H groups in total. The highest BCUT2D eigenvalue weighted by molar-refractivity contribution is 5.64. The molecule has 1 rings (SSSR count). The number of hydrogen-bond acceptors (Lipinski definition) is 5. The topological polar surface area (TPSA) is 50.3 Å². The van der Waals surface area contributed by atoms with Crippen molar-refractivity contribution in [2.45, 2.75) is 26.4 Å². The molecule has 20 heavy (non-hydrogen) atoms. The van der Waals surface area contributed by atoms with E-state index in [1.54, 1.807) is 6.92 Å². The maximum atomic E-state index is 12.6. The average Bonchev–Trinajstić information content (AvgIpc) is 2.41. The van der Waals surface area contributed by atoms with Gasteiger partial charge in [-0.2, -0.15) is 13.2 Å². The summed E-state index contributed by atoms with van der Waals surface area (Å²) in [5.74, 6) is 0.771. The molecule has 0 saturated carbocycles. The van der Waals surface area contributed by atoms with Gasteiger partial charge < -0.3 is 15.0 Å². The van der Waals surface area contributed by atoms with Crippen LogP contribution in [0.25, 0.3) is 0 Å². The maximum Gasteiger partial charge on any atom is 0.405 e. The lowest BCUT2D eigenvalue weighted by Gasteiger charge is -2.25. The fourth-order valence-electron chi connectivity index (χ4n) is 1.70. The summed E-state index contributed by atoms with van der Waals surface area (Å²) >= 11 is 0. The zero-order chi connectivity index (χ0) is 15.2. The van der Waals surface area contributed by atoms with E-state index >= 15 is 0 Å². The van der Waals surface area contributed by atoms with Gasteiger partial charge in [0.1, 0.15) is 12.9 Å². The Balaban J connectivity index is 3.08. The first-order valence-corrected chi connectivity index (χ1v) is 6.37. The maximum absolute atomic E-state index is 12.6. The molecule has 0 aliphatic rings. The van der Waals surface area contributed by atoms with Crippen LogP contribution in [0, 0.1) is 0 Å². The number of hydrogen-bond donors (Lipinski definition) is 1. The highest BCUT2D eigenvalue weighted by atomic mass is 19.4. The van der Waals surface area contributed by atoms with Crippen LogP contribution in [0.15, 0.2) is 6.33 Å². The minimum absolute atomic E-state index is 0.140. The van der Waals surface area contributed by atoms with Crippen LogP contribution < -0.4 is 15.0 Å². The number of nitrogens with one attached hydrogen (secondary N) is 1. The number of halogens is 3. The molecule has 0 aliphatic carbocycles. The molecule has 0 saturated heterocycles. The Morgan fingerprint density at radius 1 is 1.30 bits per heavy atom. The van der Waals surface area contributed by atoms with Crippen molar-refractivity contribution in [3.8, 4) is 5.75 Å². The summed E-state index contributed by atoms with van der Waals surface area (Å²) in [5, 5.41) is 3.01. The molecule has 8 heteroatoms. The van der Waals surface area contributed by atoms with Crippen LogP contribution in [-0.4, -0.2) is 42.9 Å². The average molecular weight is 292 g/mol. The normalized spacial score (nSPS) is 11.3. The standard InChI is InChI=1S/C12H19F3N4O/c1-4-6-16-10-9(20-3)11(18-8-17-10)19(5-2)7-12(13,14)15/h8H,4-7H2,1-3H3,(H,16,17,18). The first-order valence-electron chi connectivity index (χ1n) is 6.37. The van der Waals surface area contributed by atoms with E-state index in [1.807, 2.05) is 6.92 Å². The highest BCUT2D eigenvalue weighted by Gasteiger charge is 2.32. The third kappa shape index (κ3) is 4.43. The third-order valence-electron chi connectivity index (χ3n) is 2.58. The summed E-state index contributed by atoms with van der Waals surface area (Å²) in [6.45, 7) is 3.35. The molecule has 1 aromatic rings. The second kappa shape index (κ2) is 7.16. The van der Waals surface area contributed by atoms with E-state index in [0.717, 1.165) is 11.3 Å². The van der Waals surface area contributed by atoms with Gasteiger partial charge in [-0.05, 0) is 13.3 Å². The summed E-state index contributed by atoms with van der Waals surface area (Å²) in [5.41, 5.74) is 0. The van der Waals surface area contributed by atoms with E-state index < -0.39 is 12.7 Å². The van der Waals surface area contributed by atoms with Gasteiger partial charge in [0.2, 0.25) is 5.75 Å². The molecule has 114 valence electrons. The molecular formula is C12H19F3N4O.